The third kappa shape index (κ3) is 42.2. The van der Waals surface area contributed by atoms with E-state index in [-0.39, 0.29) is 135 Å². The van der Waals surface area contributed by atoms with E-state index < -0.39 is 0 Å². The first-order valence-corrected chi connectivity index (χ1v) is 65.2. The number of carbonyl (C=O) groups is 5. The smallest absolute Gasteiger partial charge is 0.303 e. The quantitative estimate of drug-likeness (QED) is 0.0482. The van der Waals surface area contributed by atoms with Gasteiger partial charge in [-0.1, -0.05) is 94.4 Å². The molecule has 0 saturated carbocycles. The molecule has 0 bridgehead atoms. The summed E-state index contributed by atoms with van der Waals surface area (Å²) < 4.78 is 21.5. The predicted octanol–water partition coefficient (Wildman–Crippen LogP) is 20.4. The molecule has 2 amide bonds. The monoisotopic (exact) mass is 1520 g/mol. The van der Waals surface area contributed by atoms with E-state index in [1.54, 1.807) is 0 Å². The highest BCUT2D eigenvalue weighted by Crippen LogP contribution is 3.16. The van der Waals surface area contributed by atoms with Gasteiger partial charge in [0.15, 0.2) is 0 Å². The summed E-state index contributed by atoms with van der Waals surface area (Å²) in [5.74, 6) is -0.721. The lowest BCUT2D eigenvalue weighted by Gasteiger charge is -2.32. The molecular formula is C45H93N2O9P23. The first-order valence-electron chi connectivity index (χ1n) is 25.1. The highest BCUT2D eigenvalue weighted by atomic mass is 33.3. The number of carbonyl (C=O) groups excluding carboxylic acids is 5. The van der Waals surface area contributed by atoms with Crippen molar-refractivity contribution in [2.75, 3.05) is 13.2 Å². The second-order valence-electron chi connectivity index (χ2n) is 18.0. The average Bonchev–Trinajstić information content (AvgIpc) is 3.35. The van der Waals surface area contributed by atoms with Crippen LogP contribution in [0.3, 0.4) is 0 Å². The van der Waals surface area contributed by atoms with Gasteiger partial charge in [-0.2, -0.15) is 0 Å². The first kappa shape index (κ1) is 84.4. The zero-order valence-electron chi connectivity index (χ0n) is 46.7. The Labute approximate surface area is 518 Å². The average molecular weight is 1520 g/mol. The molecule has 0 radical (unpaired) electrons. The van der Waals surface area contributed by atoms with Gasteiger partial charge in [-0.05, 0) is 151 Å². The molecule has 22 atom stereocenters. The highest BCUT2D eigenvalue weighted by molar-refractivity contribution is 9.22. The van der Waals surface area contributed by atoms with E-state index in [1.807, 2.05) is 87.6 Å². The van der Waals surface area contributed by atoms with Crippen LogP contribution in [-0.2, 0) is 49.5 Å². The van der Waals surface area contributed by atoms with E-state index in [0.717, 1.165) is 76.0 Å². The van der Waals surface area contributed by atoms with Gasteiger partial charge in [-0.15, -0.1) is 116 Å². The minimum atomic E-state index is -0.339. The maximum absolute atomic E-state index is 12.4. The van der Waals surface area contributed by atoms with Crippen molar-refractivity contribution in [1.82, 2.24) is 10.6 Å². The van der Waals surface area contributed by atoms with Gasteiger partial charge in [0.2, 0.25) is 11.8 Å². The molecule has 34 heteroatoms. The van der Waals surface area contributed by atoms with Gasteiger partial charge in [-0.25, -0.2) is 0 Å². The molecule has 1 aromatic carbocycles. The molecule has 3 rings (SSSR count). The van der Waals surface area contributed by atoms with Crippen molar-refractivity contribution < 1.29 is 42.9 Å². The highest BCUT2D eigenvalue weighted by Gasteiger charge is 2.27. The zero-order chi connectivity index (χ0) is 60.2. The number of hydrogen-bond donors (Lipinski definition) is 2. The van der Waals surface area contributed by atoms with Crippen LogP contribution in [0.1, 0.15) is 118 Å². The Balaban J connectivity index is 0.00000112. The summed E-state index contributed by atoms with van der Waals surface area (Å²) >= 11 is 0. The van der Waals surface area contributed by atoms with E-state index in [1.165, 1.54) is 20.8 Å². The van der Waals surface area contributed by atoms with Gasteiger partial charge in [0, 0.05) is 33.6 Å². The molecular weight excluding hydrogens is 1420 g/mol. The second kappa shape index (κ2) is 51.0. The normalized spacial score (nSPS) is 22.8. The molecule has 2 N–H and O–H groups in total. The van der Waals surface area contributed by atoms with Crippen LogP contribution < -0.4 is 10.6 Å². The molecule has 452 valence electrons. The lowest BCUT2D eigenvalue weighted by Crippen LogP contribution is -2.40. The van der Waals surface area contributed by atoms with Gasteiger partial charge >= 0.3 is 17.9 Å². The van der Waals surface area contributed by atoms with Crippen molar-refractivity contribution in [3.8, 4) is 0 Å². The Morgan fingerprint density at radius 2 is 0.987 bits per heavy atom. The number of esters is 3. The molecule has 0 aromatic heterocycles. The third-order valence-electron chi connectivity index (χ3n) is 11.2. The van der Waals surface area contributed by atoms with Crippen molar-refractivity contribution in [3.63, 3.8) is 0 Å². The van der Waals surface area contributed by atoms with Crippen LogP contribution in [0.5, 0.6) is 0 Å². The molecule has 0 aliphatic carbocycles. The molecule has 2 aliphatic rings. The summed E-state index contributed by atoms with van der Waals surface area (Å²) in [5.41, 5.74) is 3.13. The molecule has 1 aromatic rings. The Bertz CT molecular complexity index is 2010. The number of benzene rings is 1. The van der Waals surface area contributed by atoms with E-state index in [9.17, 15) is 24.0 Å². The maximum Gasteiger partial charge on any atom is 0.303 e. The molecule has 20 unspecified atom stereocenters. The van der Waals surface area contributed by atoms with Crippen LogP contribution in [0, 0.1) is 11.8 Å². The molecule has 0 spiro atoms. The SMILES string of the molecule is CC(=O)OC/C=C(\C)C1NC(=O)CCCCCC(OC(C)=O)/C=C/[C@@H]1C.CC(=O)OC1/C=C/[C@H](C)C(/C(C)=C/COCc2ccccc2)NC(=O)CCCCC1.PP(P)P(P)P(P(P)P)P(P)P.PPP(P)P(P(P)P)P(P)P. The fourth-order valence-electron chi connectivity index (χ4n) is 7.37. The number of hydrogen-bond acceptors (Lipinski definition) is 9. The van der Waals surface area contributed by atoms with E-state index >= 15 is 0 Å². The van der Waals surface area contributed by atoms with Crippen LogP contribution in [0.4, 0.5) is 0 Å². The molecule has 79 heavy (non-hydrogen) atoms. The number of amides is 2. The van der Waals surface area contributed by atoms with E-state index in [2.05, 4.69) is 134 Å². The molecule has 11 nitrogen and oxygen atoms in total. The zero-order valence-corrected chi connectivity index (χ0v) is 70.8. The standard InChI is InChI=1S/C25H35NO4.C20H31NO5.H14P12.H13P11/c1-19-14-15-23(30-21(3)27)12-8-5-9-13-24(28)26-25(19)20(2)16-17-29-18-22-10-6-4-7-11-22;1-14-10-11-18(26-17(4)23)8-6-5-7-9-19(24)21-20(14)15(2)12-13-25-16(3)22;1-8(2)11(7)12(9(3)4)10(5)6;1-7-10(6)11(8(2)3)9(4)5/h4,6-7,10-11,14-16,19,23,25H,5,8-9,12-13,17-18H2,1-3H3,(H,26,28);10-12,14,18,20H,5-9,13H2,1-4H3,(H,21,24);1-7H2;7H,1-6H2/b15-14+,20-16+;11-10+,15-12+;;/t19-,23?,25?;14-,18?,20?;;/m00../s1. The molecule has 2 heterocycles. The number of rotatable bonds is 18. The lowest BCUT2D eigenvalue weighted by atomic mass is 9.93. The molecule has 2 aliphatic heterocycles. The van der Waals surface area contributed by atoms with Crippen LogP contribution >= 0.6 is 187 Å². The fraction of sp³-hybridized carbons (Fsp3) is 0.578. The van der Waals surface area contributed by atoms with Gasteiger partial charge in [0.1, 0.15) is 18.8 Å². The Morgan fingerprint density at radius 3 is 1.33 bits per heavy atom. The minimum Gasteiger partial charge on any atom is -0.462 e. The maximum atomic E-state index is 12.4. The van der Waals surface area contributed by atoms with Crippen molar-refractivity contribution in [2.45, 2.75) is 144 Å². The van der Waals surface area contributed by atoms with Crippen LogP contribution in [0.15, 0.2) is 77.9 Å². The van der Waals surface area contributed by atoms with Gasteiger partial charge in [0.05, 0.1) is 25.3 Å². The van der Waals surface area contributed by atoms with Crippen molar-refractivity contribution in [1.29, 1.82) is 0 Å². The Morgan fingerprint density at radius 1 is 0.570 bits per heavy atom. The van der Waals surface area contributed by atoms with Crippen LogP contribution in [0.2, 0.25) is 0 Å². The summed E-state index contributed by atoms with van der Waals surface area (Å²) in [5, 5.41) is 6.25. The molecule has 0 saturated heterocycles. The Hall–Kier alpha value is 5.38. The summed E-state index contributed by atoms with van der Waals surface area (Å²) in [7, 11) is 39.9. The van der Waals surface area contributed by atoms with Crippen LogP contribution in [-0.4, -0.2) is 67.2 Å². The van der Waals surface area contributed by atoms with Gasteiger partial charge in [0.25, 0.3) is 0 Å². The molecule has 0 fully saturated rings. The number of nitrogens with one attached hydrogen (secondary N) is 2. The number of ether oxygens (including phenoxy) is 4. The van der Waals surface area contributed by atoms with Gasteiger partial charge in [-0.3, -0.25) is 24.0 Å². The topological polar surface area (TPSA) is 146 Å². The predicted molar refractivity (Wildman–Crippen MR) is 415 cm³/mol. The van der Waals surface area contributed by atoms with Crippen LogP contribution in [0.25, 0.3) is 0 Å². The summed E-state index contributed by atoms with van der Waals surface area (Å²) in [6.07, 6.45) is 19.2. The van der Waals surface area contributed by atoms with Crippen molar-refractivity contribution in [2.24, 2.45) is 11.8 Å². The summed E-state index contributed by atoms with van der Waals surface area (Å²) in [6, 6.07) is 9.74. The summed E-state index contributed by atoms with van der Waals surface area (Å²) in [6.45, 7) is 14.9. The second-order valence-corrected chi connectivity index (χ2v) is 102. The van der Waals surface area contributed by atoms with Crippen molar-refractivity contribution >= 4 is 217 Å². The van der Waals surface area contributed by atoms with E-state index in [4.69, 9.17) is 18.9 Å². The first-order chi connectivity index (χ1) is 37.1. The minimum absolute atomic E-state index is 0.00464. The summed E-state index contributed by atoms with van der Waals surface area (Å²) in [4.78, 5) is 58.3. The third-order valence-corrected chi connectivity index (χ3v) is 137. The lowest BCUT2D eigenvalue weighted by molar-refractivity contribution is -0.145. The largest absolute Gasteiger partial charge is 0.462 e. The fourth-order valence-corrected chi connectivity index (χ4v) is 205. The van der Waals surface area contributed by atoms with Crippen molar-refractivity contribution in [3.05, 3.63) is 83.5 Å². The van der Waals surface area contributed by atoms with Gasteiger partial charge < -0.3 is 29.6 Å². The Kier molecular flexibility index (Phi) is 54.4. The van der Waals surface area contributed by atoms with E-state index in [0.29, 0.717) is 26.1 Å².